The Kier molecular flexibility index (Phi) is 2.29. The predicted octanol–water partition coefficient (Wildman–Crippen LogP) is 1.24. The number of nitrogens with zero attached hydrogens (tertiary/aromatic N) is 2. The maximum Gasteiger partial charge on any atom is 0.303 e. The molecule has 0 aliphatic rings. The van der Waals surface area contributed by atoms with Gasteiger partial charge in [0.25, 0.3) is 0 Å². The van der Waals surface area contributed by atoms with Gasteiger partial charge in [-0.3, -0.25) is 0 Å². The zero-order chi connectivity index (χ0) is 8.43. The van der Waals surface area contributed by atoms with Gasteiger partial charge in [-0.25, -0.2) is 4.73 Å². The predicted molar refractivity (Wildman–Crippen MR) is 42.3 cm³/mol. The molecule has 4 heteroatoms. The fourth-order valence-corrected chi connectivity index (χ4v) is 1.11. The molecule has 0 amide bonds. The minimum atomic E-state index is 0.381. The molecular weight excluding hydrogens is 164 g/mol. The molecule has 0 saturated carbocycles. The summed E-state index contributed by atoms with van der Waals surface area (Å²) in [5, 5.41) is 11.5. The Hall–Kier alpha value is -0.830. The number of halogens is 1. The summed E-state index contributed by atoms with van der Waals surface area (Å²) in [5.41, 5.74) is 0.585. The molecule has 3 nitrogen and oxygen atoms in total. The molecule has 1 aromatic heterocycles. The van der Waals surface area contributed by atoms with Crippen LogP contribution in [0.15, 0.2) is 6.07 Å². The molecule has 0 atom stereocenters. The first-order valence-electron chi connectivity index (χ1n) is 3.40. The van der Waals surface area contributed by atoms with E-state index in [9.17, 15) is 5.21 Å². The SMILES string of the molecule is CCc1nc(Cl)cc(C)[n+]1[O-]. The lowest BCUT2D eigenvalue weighted by Crippen LogP contribution is -2.36. The molecule has 0 bridgehead atoms. The lowest BCUT2D eigenvalue weighted by molar-refractivity contribution is -0.624. The Bertz CT molecular complexity index is 275. The third kappa shape index (κ3) is 1.60. The summed E-state index contributed by atoms with van der Waals surface area (Å²) in [6.07, 6.45) is 0.602. The van der Waals surface area contributed by atoms with Gasteiger partial charge >= 0.3 is 5.82 Å². The van der Waals surface area contributed by atoms with E-state index in [1.54, 1.807) is 13.0 Å². The van der Waals surface area contributed by atoms with Crippen LogP contribution in [0.4, 0.5) is 0 Å². The van der Waals surface area contributed by atoms with Crippen LogP contribution >= 0.6 is 11.6 Å². The summed E-state index contributed by atoms with van der Waals surface area (Å²) in [4.78, 5) is 3.87. The zero-order valence-electron chi connectivity index (χ0n) is 6.47. The van der Waals surface area contributed by atoms with Crippen molar-refractivity contribution in [3.8, 4) is 0 Å². The van der Waals surface area contributed by atoms with Gasteiger partial charge < -0.3 is 5.21 Å². The molecule has 0 radical (unpaired) electrons. The standard InChI is InChI=1S/C7H9ClN2O/c1-3-7-9-6(8)4-5(2)10(7)11/h4H,3H2,1-2H3. The lowest BCUT2D eigenvalue weighted by Gasteiger charge is -2.06. The summed E-state index contributed by atoms with van der Waals surface area (Å²) in [6, 6.07) is 1.55. The van der Waals surface area contributed by atoms with Crippen LogP contribution in [0, 0.1) is 12.1 Å². The summed E-state index contributed by atoms with van der Waals surface area (Å²) in [5.74, 6) is 0.468. The smallest absolute Gasteiger partial charge is 0.303 e. The second kappa shape index (κ2) is 3.05. The van der Waals surface area contributed by atoms with Gasteiger partial charge in [-0.2, -0.15) is 0 Å². The van der Waals surface area contributed by atoms with Crippen molar-refractivity contribution in [2.45, 2.75) is 20.3 Å². The van der Waals surface area contributed by atoms with Crippen molar-refractivity contribution in [1.82, 2.24) is 4.98 Å². The van der Waals surface area contributed by atoms with Crippen LogP contribution in [0.1, 0.15) is 18.4 Å². The van der Waals surface area contributed by atoms with Crippen LogP contribution in [0.3, 0.4) is 0 Å². The van der Waals surface area contributed by atoms with Crippen LogP contribution in [0.25, 0.3) is 0 Å². The first-order valence-corrected chi connectivity index (χ1v) is 3.78. The molecule has 0 aliphatic carbocycles. The molecule has 0 N–H and O–H groups in total. The van der Waals surface area contributed by atoms with E-state index in [-0.39, 0.29) is 0 Å². The highest BCUT2D eigenvalue weighted by molar-refractivity contribution is 6.29. The first-order chi connectivity index (χ1) is 5.15. The molecule has 0 spiro atoms. The molecule has 60 valence electrons. The minimum Gasteiger partial charge on any atom is -0.711 e. The third-order valence-corrected chi connectivity index (χ3v) is 1.63. The quantitative estimate of drug-likeness (QED) is 0.363. The first kappa shape index (κ1) is 8.27. The van der Waals surface area contributed by atoms with Gasteiger partial charge in [-0.1, -0.05) is 6.92 Å². The molecule has 11 heavy (non-hydrogen) atoms. The second-order valence-corrected chi connectivity index (χ2v) is 2.67. The Balaban J connectivity index is 3.24. The van der Waals surface area contributed by atoms with E-state index in [0.29, 0.717) is 23.1 Å². The van der Waals surface area contributed by atoms with Gasteiger partial charge in [0.15, 0.2) is 0 Å². The van der Waals surface area contributed by atoms with Crippen molar-refractivity contribution >= 4 is 11.6 Å². The van der Waals surface area contributed by atoms with Gasteiger partial charge in [0.1, 0.15) is 5.69 Å². The summed E-state index contributed by atoms with van der Waals surface area (Å²) in [6.45, 7) is 3.58. The van der Waals surface area contributed by atoms with Crippen LogP contribution in [0.5, 0.6) is 0 Å². The Morgan fingerprint density at radius 1 is 1.73 bits per heavy atom. The van der Waals surface area contributed by atoms with Crippen molar-refractivity contribution < 1.29 is 4.73 Å². The second-order valence-electron chi connectivity index (χ2n) is 2.28. The molecule has 0 aliphatic heterocycles. The van der Waals surface area contributed by atoms with Gasteiger partial charge in [0.2, 0.25) is 5.15 Å². The Labute approximate surface area is 70.2 Å². The summed E-state index contributed by atoms with van der Waals surface area (Å²) >= 11 is 5.64. The van der Waals surface area contributed by atoms with E-state index in [1.807, 2.05) is 6.92 Å². The van der Waals surface area contributed by atoms with E-state index >= 15 is 0 Å². The Morgan fingerprint density at radius 3 is 2.91 bits per heavy atom. The van der Waals surface area contributed by atoms with Gasteiger partial charge in [0.05, 0.1) is 6.42 Å². The van der Waals surface area contributed by atoms with E-state index in [2.05, 4.69) is 4.98 Å². The minimum absolute atomic E-state index is 0.381. The van der Waals surface area contributed by atoms with Crippen molar-refractivity contribution in [3.05, 3.63) is 27.9 Å². The average Bonchev–Trinajstić information content (AvgIpc) is 1.96. The molecule has 0 fully saturated rings. The van der Waals surface area contributed by atoms with Gasteiger partial charge in [0, 0.05) is 6.07 Å². The van der Waals surface area contributed by atoms with Crippen LogP contribution < -0.4 is 4.73 Å². The fourth-order valence-electron chi connectivity index (χ4n) is 0.858. The van der Waals surface area contributed by atoms with E-state index in [1.165, 1.54) is 0 Å². The summed E-state index contributed by atoms with van der Waals surface area (Å²) in [7, 11) is 0. The van der Waals surface area contributed by atoms with Gasteiger partial charge in [-0.15, -0.1) is 0 Å². The van der Waals surface area contributed by atoms with Crippen molar-refractivity contribution in [2.75, 3.05) is 0 Å². The molecule has 0 saturated heterocycles. The number of aromatic nitrogens is 2. The molecule has 1 heterocycles. The molecular formula is C7H9ClN2O. The highest BCUT2D eigenvalue weighted by Gasteiger charge is 2.09. The fraction of sp³-hybridized carbons (Fsp3) is 0.429. The zero-order valence-corrected chi connectivity index (χ0v) is 7.22. The van der Waals surface area contributed by atoms with Crippen LogP contribution in [0.2, 0.25) is 5.15 Å². The maximum atomic E-state index is 11.1. The van der Waals surface area contributed by atoms with Crippen molar-refractivity contribution in [2.24, 2.45) is 0 Å². The van der Waals surface area contributed by atoms with Crippen LogP contribution in [-0.2, 0) is 6.42 Å². The van der Waals surface area contributed by atoms with Gasteiger partial charge in [-0.05, 0) is 23.5 Å². The van der Waals surface area contributed by atoms with Crippen LogP contribution in [-0.4, -0.2) is 4.98 Å². The van der Waals surface area contributed by atoms with Crippen molar-refractivity contribution in [3.63, 3.8) is 0 Å². The lowest BCUT2D eigenvalue weighted by atomic mass is 10.4. The maximum absolute atomic E-state index is 11.1. The van der Waals surface area contributed by atoms with Crippen molar-refractivity contribution in [1.29, 1.82) is 0 Å². The van der Waals surface area contributed by atoms with E-state index < -0.39 is 0 Å². The van der Waals surface area contributed by atoms with E-state index in [4.69, 9.17) is 11.6 Å². The number of aryl methyl sites for hydroxylation is 2. The number of rotatable bonds is 1. The molecule has 0 aromatic carbocycles. The third-order valence-electron chi connectivity index (χ3n) is 1.43. The highest BCUT2D eigenvalue weighted by Crippen LogP contribution is 2.04. The largest absolute Gasteiger partial charge is 0.711 e. The Morgan fingerprint density at radius 2 is 2.36 bits per heavy atom. The topological polar surface area (TPSA) is 39.8 Å². The summed E-state index contributed by atoms with van der Waals surface area (Å²) < 4.78 is 0.797. The molecule has 1 aromatic rings. The normalized spacial score (nSPS) is 10.1. The molecule has 0 unspecified atom stereocenters. The van der Waals surface area contributed by atoms with E-state index in [0.717, 1.165) is 4.73 Å². The average molecular weight is 173 g/mol. The highest BCUT2D eigenvalue weighted by atomic mass is 35.5. The molecule has 1 rings (SSSR count). The monoisotopic (exact) mass is 172 g/mol. The number of hydrogen-bond donors (Lipinski definition) is 0. The number of hydrogen-bond acceptors (Lipinski definition) is 2.